The molecular formula is C18H32N2. The number of nitrogens with zero attached hydrogens (tertiary/aromatic N) is 1. The third-order valence-corrected chi connectivity index (χ3v) is 3.72. The fourth-order valence-electron chi connectivity index (χ4n) is 2.41. The number of benzene rings is 1. The van der Waals surface area contributed by atoms with Gasteiger partial charge in [0, 0.05) is 12.6 Å². The number of nitrogens with one attached hydrogen (secondary N) is 1. The number of hydrogen-bond acceptors (Lipinski definition) is 2. The van der Waals surface area contributed by atoms with Crippen molar-refractivity contribution >= 4 is 0 Å². The Hall–Kier alpha value is -0.860. The van der Waals surface area contributed by atoms with Gasteiger partial charge in [-0.1, -0.05) is 51.0 Å². The quantitative estimate of drug-likeness (QED) is 0.650. The largest absolute Gasteiger partial charge is 0.315 e. The van der Waals surface area contributed by atoms with Crippen molar-refractivity contribution in [3.05, 3.63) is 35.4 Å². The third-order valence-electron chi connectivity index (χ3n) is 3.72. The zero-order valence-corrected chi connectivity index (χ0v) is 13.8. The maximum Gasteiger partial charge on any atom is 0.0233 e. The summed E-state index contributed by atoms with van der Waals surface area (Å²) in [5.74, 6) is 0. The summed E-state index contributed by atoms with van der Waals surface area (Å²) in [7, 11) is 2.23. The zero-order chi connectivity index (χ0) is 14.8. The highest BCUT2D eigenvalue weighted by Gasteiger charge is 2.02. The van der Waals surface area contributed by atoms with E-state index in [1.807, 2.05) is 0 Å². The van der Waals surface area contributed by atoms with Crippen LogP contribution in [0, 0.1) is 6.92 Å². The van der Waals surface area contributed by atoms with Gasteiger partial charge in [-0.15, -0.1) is 0 Å². The summed E-state index contributed by atoms with van der Waals surface area (Å²) in [4.78, 5) is 2.44. The van der Waals surface area contributed by atoms with Crippen molar-refractivity contribution in [3.63, 3.8) is 0 Å². The Morgan fingerprint density at radius 3 is 2.45 bits per heavy atom. The van der Waals surface area contributed by atoms with Gasteiger partial charge in [-0.05, 0) is 51.0 Å². The van der Waals surface area contributed by atoms with E-state index < -0.39 is 0 Å². The molecule has 1 N–H and O–H groups in total. The molecule has 0 radical (unpaired) electrons. The van der Waals surface area contributed by atoms with Crippen LogP contribution in [0.1, 0.15) is 50.7 Å². The summed E-state index contributed by atoms with van der Waals surface area (Å²) in [6, 6.07) is 9.31. The standard InChI is InChI=1S/C18H32N2/c1-16(2)19-13-9-5-6-10-14-20(4)15-18-12-8-7-11-17(18)3/h7-8,11-12,16,19H,5-6,9-10,13-15H2,1-4H3. The Morgan fingerprint density at radius 2 is 1.75 bits per heavy atom. The Balaban J connectivity index is 2.06. The van der Waals surface area contributed by atoms with Crippen molar-refractivity contribution < 1.29 is 0 Å². The molecule has 0 heterocycles. The molecule has 2 heteroatoms. The van der Waals surface area contributed by atoms with Gasteiger partial charge in [-0.2, -0.15) is 0 Å². The Labute approximate surface area is 125 Å². The summed E-state index contributed by atoms with van der Waals surface area (Å²) in [6.07, 6.45) is 5.31. The lowest BCUT2D eigenvalue weighted by molar-refractivity contribution is 0.316. The molecular weight excluding hydrogens is 244 g/mol. The Bertz CT molecular complexity index is 360. The molecule has 0 unspecified atom stereocenters. The van der Waals surface area contributed by atoms with Crippen molar-refractivity contribution in [2.24, 2.45) is 0 Å². The van der Waals surface area contributed by atoms with E-state index >= 15 is 0 Å². The first-order chi connectivity index (χ1) is 9.59. The highest BCUT2D eigenvalue weighted by Crippen LogP contribution is 2.10. The van der Waals surface area contributed by atoms with Crippen LogP contribution >= 0.6 is 0 Å². The van der Waals surface area contributed by atoms with E-state index in [-0.39, 0.29) is 0 Å². The predicted molar refractivity (Wildman–Crippen MR) is 89.1 cm³/mol. The van der Waals surface area contributed by atoms with E-state index in [2.05, 4.69) is 62.3 Å². The fraction of sp³-hybridized carbons (Fsp3) is 0.667. The maximum atomic E-state index is 3.47. The van der Waals surface area contributed by atoms with Gasteiger partial charge in [0.1, 0.15) is 0 Å². The molecule has 0 amide bonds. The second-order valence-corrected chi connectivity index (χ2v) is 6.19. The summed E-state index contributed by atoms with van der Waals surface area (Å²) >= 11 is 0. The summed E-state index contributed by atoms with van der Waals surface area (Å²) in [5.41, 5.74) is 2.86. The molecule has 2 nitrogen and oxygen atoms in total. The van der Waals surface area contributed by atoms with Gasteiger partial charge >= 0.3 is 0 Å². The minimum absolute atomic E-state index is 0.621. The molecule has 1 rings (SSSR count). The lowest BCUT2D eigenvalue weighted by Gasteiger charge is -2.18. The fourth-order valence-corrected chi connectivity index (χ4v) is 2.41. The van der Waals surface area contributed by atoms with Crippen LogP contribution in [-0.4, -0.2) is 31.1 Å². The minimum atomic E-state index is 0.621. The van der Waals surface area contributed by atoms with Crippen LogP contribution in [0.5, 0.6) is 0 Å². The van der Waals surface area contributed by atoms with Crippen LogP contribution in [0.3, 0.4) is 0 Å². The summed E-state index contributed by atoms with van der Waals surface area (Å²) < 4.78 is 0. The van der Waals surface area contributed by atoms with E-state index in [4.69, 9.17) is 0 Å². The molecule has 20 heavy (non-hydrogen) atoms. The summed E-state index contributed by atoms with van der Waals surface area (Å²) in [6.45, 7) is 10.1. The second-order valence-electron chi connectivity index (χ2n) is 6.19. The SMILES string of the molecule is Cc1ccccc1CN(C)CCCCCCNC(C)C. The highest BCUT2D eigenvalue weighted by molar-refractivity contribution is 5.25. The van der Waals surface area contributed by atoms with Crippen LogP contribution < -0.4 is 5.32 Å². The first kappa shape index (κ1) is 17.2. The monoisotopic (exact) mass is 276 g/mol. The van der Waals surface area contributed by atoms with Crippen molar-refractivity contribution in [1.29, 1.82) is 0 Å². The molecule has 0 saturated carbocycles. The smallest absolute Gasteiger partial charge is 0.0233 e. The molecule has 0 aliphatic heterocycles. The van der Waals surface area contributed by atoms with Crippen molar-refractivity contribution in [2.45, 2.75) is 59.0 Å². The number of unbranched alkanes of at least 4 members (excludes halogenated alkanes) is 3. The van der Waals surface area contributed by atoms with Gasteiger partial charge in [0.15, 0.2) is 0 Å². The Morgan fingerprint density at radius 1 is 1.05 bits per heavy atom. The highest BCUT2D eigenvalue weighted by atomic mass is 15.1. The van der Waals surface area contributed by atoms with Crippen molar-refractivity contribution in [3.8, 4) is 0 Å². The van der Waals surface area contributed by atoms with Gasteiger partial charge in [0.05, 0.1) is 0 Å². The summed E-state index contributed by atoms with van der Waals surface area (Å²) in [5, 5.41) is 3.47. The minimum Gasteiger partial charge on any atom is -0.315 e. The van der Waals surface area contributed by atoms with Gasteiger partial charge in [0.2, 0.25) is 0 Å². The molecule has 0 bridgehead atoms. The van der Waals surface area contributed by atoms with Gasteiger partial charge in [-0.3, -0.25) is 0 Å². The molecule has 0 saturated heterocycles. The van der Waals surface area contributed by atoms with E-state index in [9.17, 15) is 0 Å². The molecule has 0 aliphatic rings. The van der Waals surface area contributed by atoms with Crippen molar-refractivity contribution in [2.75, 3.05) is 20.1 Å². The van der Waals surface area contributed by atoms with Gasteiger partial charge < -0.3 is 10.2 Å². The van der Waals surface area contributed by atoms with Gasteiger partial charge in [-0.25, -0.2) is 0 Å². The van der Waals surface area contributed by atoms with E-state index in [1.54, 1.807) is 0 Å². The first-order valence-corrected chi connectivity index (χ1v) is 8.06. The number of rotatable bonds is 10. The average Bonchev–Trinajstić information content (AvgIpc) is 2.40. The van der Waals surface area contributed by atoms with Crippen LogP contribution in [-0.2, 0) is 6.54 Å². The molecule has 0 spiro atoms. The van der Waals surface area contributed by atoms with Crippen LogP contribution in [0.2, 0.25) is 0 Å². The zero-order valence-electron chi connectivity index (χ0n) is 13.8. The molecule has 0 fully saturated rings. The lowest BCUT2D eigenvalue weighted by Crippen LogP contribution is -2.23. The van der Waals surface area contributed by atoms with Crippen molar-refractivity contribution in [1.82, 2.24) is 10.2 Å². The molecule has 1 aromatic carbocycles. The average molecular weight is 276 g/mol. The predicted octanol–water partition coefficient (Wildman–Crippen LogP) is 3.99. The lowest BCUT2D eigenvalue weighted by atomic mass is 10.1. The second kappa shape index (κ2) is 9.95. The third kappa shape index (κ3) is 7.66. The Kier molecular flexibility index (Phi) is 8.56. The maximum absolute atomic E-state index is 3.47. The van der Waals surface area contributed by atoms with Crippen LogP contribution in [0.15, 0.2) is 24.3 Å². The molecule has 1 aromatic rings. The van der Waals surface area contributed by atoms with E-state index in [0.29, 0.717) is 6.04 Å². The molecule has 0 aliphatic carbocycles. The van der Waals surface area contributed by atoms with Crippen LogP contribution in [0.25, 0.3) is 0 Å². The number of hydrogen-bond donors (Lipinski definition) is 1. The van der Waals surface area contributed by atoms with E-state index in [1.165, 1.54) is 43.4 Å². The van der Waals surface area contributed by atoms with Crippen LogP contribution in [0.4, 0.5) is 0 Å². The molecule has 114 valence electrons. The molecule has 0 aromatic heterocycles. The first-order valence-electron chi connectivity index (χ1n) is 8.06. The molecule has 0 atom stereocenters. The van der Waals surface area contributed by atoms with Gasteiger partial charge in [0.25, 0.3) is 0 Å². The normalized spacial score (nSPS) is 11.5. The van der Waals surface area contributed by atoms with E-state index in [0.717, 1.165) is 13.1 Å². The number of aryl methyl sites for hydroxylation is 1. The topological polar surface area (TPSA) is 15.3 Å².